The van der Waals surface area contributed by atoms with Gasteiger partial charge in [0, 0.05) is 26.0 Å². The molecule has 1 unspecified atom stereocenters. The van der Waals surface area contributed by atoms with Gasteiger partial charge in [-0.1, -0.05) is 36.4 Å². The Morgan fingerprint density at radius 1 is 1.08 bits per heavy atom. The lowest BCUT2D eigenvalue weighted by atomic mass is 10.0. The molecule has 5 heteroatoms. The Kier molecular flexibility index (Phi) is 6.87. The minimum absolute atomic E-state index is 0. The first kappa shape index (κ1) is 19.3. The molecule has 4 nitrogen and oxygen atoms in total. The molecule has 1 atom stereocenters. The Hall–Kier alpha value is -2.02. The van der Waals surface area contributed by atoms with Crippen molar-refractivity contribution >= 4 is 40.7 Å². The van der Waals surface area contributed by atoms with E-state index in [9.17, 15) is 0 Å². The van der Waals surface area contributed by atoms with Crippen LogP contribution in [0.3, 0.4) is 0 Å². The van der Waals surface area contributed by atoms with Gasteiger partial charge in [-0.2, -0.15) is 0 Å². The van der Waals surface area contributed by atoms with Crippen LogP contribution in [0, 0.1) is 0 Å². The summed E-state index contributed by atoms with van der Waals surface area (Å²) in [7, 11) is 3.85. The fourth-order valence-electron chi connectivity index (χ4n) is 2.81. The Morgan fingerprint density at radius 3 is 2.52 bits per heavy atom. The molecule has 0 fully saturated rings. The van der Waals surface area contributed by atoms with Gasteiger partial charge < -0.3 is 15.2 Å². The number of guanidine groups is 1. The van der Waals surface area contributed by atoms with Crippen LogP contribution in [-0.2, 0) is 13.6 Å². The summed E-state index contributed by atoms with van der Waals surface area (Å²) in [6, 6.07) is 19.3. The quantitative estimate of drug-likeness (QED) is 0.357. The Morgan fingerprint density at radius 2 is 1.84 bits per heavy atom. The lowest BCUT2D eigenvalue weighted by molar-refractivity contribution is 0.677. The second-order valence-corrected chi connectivity index (χ2v) is 6.01. The molecule has 0 bridgehead atoms. The maximum atomic E-state index is 4.33. The maximum absolute atomic E-state index is 4.33. The smallest absolute Gasteiger partial charge is 0.191 e. The summed E-state index contributed by atoms with van der Waals surface area (Å²) in [4.78, 5) is 4.33. The van der Waals surface area contributed by atoms with Gasteiger partial charge in [0.1, 0.15) is 0 Å². The molecule has 0 saturated carbocycles. The van der Waals surface area contributed by atoms with Gasteiger partial charge in [0.2, 0.25) is 0 Å². The van der Waals surface area contributed by atoms with E-state index in [2.05, 4.69) is 75.6 Å². The zero-order chi connectivity index (χ0) is 16.9. The van der Waals surface area contributed by atoms with Gasteiger partial charge >= 0.3 is 0 Å². The average molecular weight is 448 g/mol. The second-order valence-electron chi connectivity index (χ2n) is 6.01. The molecule has 0 radical (unpaired) electrons. The molecule has 2 aromatic carbocycles. The molecular weight excluding hydrogens is 423 g/mol. The fourth-order valence-corrected chi connectivity index (χ4v) is 2.81. The fraction of sp³-hybridized carbons (Fsp3) is 0.250. The third kappa shape index (κ3) is 4.75. The summed E-state index contributed by atoms with van der Waals surface area (Å²) in [6.45, 7) is 2.90. The summed E-state index contributed by atoms with van der Waals surface area (Å²) in [5, 5.41) is 9.35. The molecule has 3 rings (SSSR count). The molecule has 3 aromatic rings. The number of hydrogen-bond acceptors (Lipinski definition) is 1. The molecule has 1 aromatic heterocycles. The molecule has 0 aliphatic heterocycles. The van der Waals surface area contributed by atoms with Crippen LogP contribution in [-0.4, -0.2) is 17.6 Å². The van der Waals surface area contributed by atoms with Gasteiger partial charge in [0.15, 0.2) is 5.96 Å². The third-order valence-corrected chi connectivity index (χ3v) is 4.34. The molecule has 132 valence electrons. The van der Waals surface area contributed by atoms with Crippen LogP contribution in [0.2, 0.25) is 0 Å². The molecule has 2 N–H and O–H groups in total. The second kappa shape index (κ2) is 8.89. The number of rotatable bonds is 4. The minimum atomic E-state index is 0. The van der Waals surface area contributed by atoms with Crippen LogP contribution in [0.4, 0.5) is 0 Å². The first-order valence-electron chi connectivity index (χ1n) is 8.23. The number of halogens is 1. The molecular formula is C20H25IN4. The summed E-state index contributed by atoms with van der Waals surface area (Å²) in [5.41, 5.74) is 2.46. The van der Waals surface area contributed by atoms with Crippen molar-refractivity contribution in [1.29, 1.82) is 0 Å². The van der Waals surface area contributed by atoms with Gasteiger partial charge in [-0.15, -0.1) is 24.0 Å². The monoisotopic (exact) mass is 448 g/mol. The van der Waals surface area contributed by atoms with Crippen LogP contribution in [0.1, 0.15) is 24.2 Å². The SMILES string of the molecule is CN=C(NCc1cccn1C)NC(C)c1ccc2ccccc2c1.I. The number of nitrogens with zero attached hydrogens (tertiary/aromatic N) is 2. The van der Waals surface area contributed by atoms with Crippen molar-refractivity contribution in [3.8, 4) is 0 Å². The van der Waals surface area contributed by atoms with Gasteiger partial charge in [0.05, 0.1) is 12.6 Å². The minimum Gasteiger partial charge on any atom is -0.353 e. The summed E-state index contributed by atoms with van der Waals surface area (Å²) >= 11 is 0. The van der Waals surface area contributed by atoms with Gasteiger partial charge in [-0.3, -0.25) is 4.99 Å². The zero-order valence-corrected chi connectivity index (χ0v) is 17.2. The Balaban J connectivity index is 0.00000225. The molecule has 0 aliphatic carbocycles. The van der Waals surface area contributed by atoms with E-state index >= 15 is 0 Å². The van der Waals surface area contributed by atoms with E-state index in [0.717, 1.165) is 12.5 Å². The largest absolute Gasteiger partial charge is 0.353 e. The van der Waals surface area contributed by atoms with E-state index in [0.29, 0.717) is 0 Å². The molecule has 25 heavy (non-hydrogen) atoms. The van der Waals surface area contributed by atoms with Crippen molar-refractivity contribution in [2.75, 3.05) is 7.05 Å². The number of fused-ring (bicyclic) bond motifs is 1. The van der Waals surface area contributed by atoms with Crippen molar-refractivity contribution in [1.82, 2.24) is 15.2 Å². The lowest BCUT2D eigenvalue weighted by Crippen LogP contribution is -2.38. The number of hydrogen-bond donors (Lipinski definition) is 2. The van der Waals surface area contributed by atoms with Gasteiger partial charge in [-0.05, 0) is 41.5 Å². The highest BCUT2D eigenvalue weighted by Gasteiger charge is 2.09. The van der Waals surface area contributed by atoms with E-state index in [4.69, 9.17) is 0 Å². The van der Waals surface area contributed by atoms with Gasteiger partial charge in [0.25, 0.3) is 0 Å². The van der Waals surface area contributed by atoms with Crippen molar-refractivity contribution in [3.05, 3.63) is 72.1 Å². The van der Waals surface area contributed by atoms with E-state index in [1.807, 2.05) is 19.3 Å². The van der Waals surface area contributed by atoms with Crippen LogP contribution in [0.25, 0.3) is 10.8 Å². The Labute approximate surface area is 166 Å². The van der Waals surface area contributed by atoms with E-state index in [-0.39, 0.29) is 30.0 Å². The molecule has 1 heterocycles. The number of aliphatic imine (C=N–C) groups is 1. The van der Waals surface area contributed by atoms with Crippen LogP contribution in [0.15, 0.2) is 65.8 Å². The van der Waals surface area contributed by atoms with Crippen molar-refractivity contribution in [2.45, 2.75) is 19.5 Å². The van der Waals surface area contributed by atoms with Crippen LogP contribution >= 0.6 is 24.0 Å². The molecule has 0 spiro atoms. The highest BCUT2D eigenvalue weighted by Crippen LogP contribution is 2.20. The topological polar surface area (TPSA) is 41.4 Å². The van der Waals surface area contributed by atoms with E-state index < -0.39 is 0 Å². The molecule has 0 amide bonds. The average Bonchev–Trinajstić information content (AvgIpc) is 3.03. The standard InChI is InChI=1S/C20H24N4.HI/c1-15(17-11-10-16-7-4-5-8-18(16)13-17)23-20(21-2)22-14-19-9-6-12-24(19)3;/h4-13,15H,14H2,1-3H3,(H2,21,22,23);1H. The number of aromatic nitrogens is 1. The first-order valence-corrected chi connectivity index (χ1v) is 8.23. The van der Waals surface area contributed by atoms with E-state index in [1.165, 1.54) is 22.0 Å². The van der Waals surface area contributed by atoms with Crippen LogP contribution < -0.4 is 10.6 Å². The predicted molar refractivity (Wildman–Crippen MR) is 117 cm³/mol. The van der Waals surface area contributed by atoms with E-state index in [1.54, 1.807) is 7.05 Å². The highest BCUT2D eigenvalue weighted by molar-refractivity contribution is 14.0. The Bertz CT molecular complexity index is 854. The number of nitrogens with one attached hydrogen (secondary N) is 2. The van der Waals surface area contributed by atoms with Crippen molar-refractivity contribution in [2.24, 2.45) is 12.0 Å². The van der Waals surface area contributed by atoms with Crippen LogP contribution in [0.5, 0.6) is 0 Å². The predicted octanol–water partition coefficient (Wildman–Crippen LogP) is 4.22. The zero-order valence-electron chi connectivity index (χ0n) is 14.9. The normalized spacial score (nSPS) is 12.5. The summed E-state index contributed by atoms with van der Waals surface area (Å²) < 4.78 is 2.10. The van der Waals surface area contributed by atoms with Crippen molar-refractivity contribution < 1.29 is 0 Å². The summed E-state index contributed by atoms with van der Waals surface area (Å²) in [6.07, 6.45) is 2.05. The molecule has 0 aliphatic rings. The third-order valence-electron chi connectivity index (χ3n) is 4.34. The molecule has 0 saturated heterocycles. The van der Waals surface area contributed by atoms with Gasteiger partial charge in [-0.25, -0.2) is 0 Å². The first-order chi connectivity index (χ1) is 11.7. The number of aryl methyl sites for hydroxylation is 1. The maximum Gasteiger partial charge on any atom is 0.191 e. The van der Waals surface area contributed by atoms with Crippen molar-refractivity contribution in [3.63, 3.8) is 0 Å². The highest BCUT2D eigenvalue weighted by atomic mass is 127. The lowest BCUT2D eigenvalue weighted by Gasteiger charge is -2.19. The summed E-state index contributed by atoms with van der Waals surface area (Å²) in [5.74, 6) is 0.803. The number of benzene rings is 2.